The second-order valence-corrected chi connectivity index (χ2v) is 3.06. The van der Waals surface area contributed by atoms with Gasteiger partial charge in [0.15, 0.2) is 10.9 Å². The van der Waals surface area contributed by atoms with Crippen molar-refractivity contribution in [3.63, 3.8) is 0 Å². The molecule has 0 aromatic carbocycles. The summed E-state index contributed by atoms with van der Waals surface area (Å²) < 4.78 is 4.94. The highest BCUT2D eigenvalue weighted by Crippen LogP contribution is 2.22. The molecule has 0 atom stereocenters. The molecule has 0 aliphatic carbocycles. The number of methoxy groups -OCH3 is 1. The third-order valence-electron chi connectivity index (χ3n) is 1.83. The Balaban J connectivity index is 3.01. The molecule has 15 heavy (non-hydrogen) atoms. The number of hydrogen-bond donors (Lipinski definition) is 0. The van der Waals surface area contributed by atoms with Crippen LogP contribution in [0.15, 0.2) is 12.3 Å². The van der Waals surface area contributed by atoms with E-state index in [2.05, 4.69) is 4.98 Å². The van der Waals surface area contributed by atoms with Crippen molar-refractivity contribution >= 4 is 17.5 Å². The Labute approximate surface area is 92.5 Å². The lowest BCUT2D eigenvalue weighted by Crippen LogP contribution is -2.25. The predicted octanol–water partition coefficient (Wildman–Crippen LogP) is 1.38. The summed E-state index contributed by atoms with van der Waals surface area (Å²) in [7, 11) is 4.36. The Morgan fingerprint density at radius 1 is 1.53 bits per heavy atom. The summed E-state index contributed by atoms with van der Waals surface area (Å²) >= 11 is 5.72. The summed E-state index contributed by atoms with van der Waals surface area (Å²) in [5.74, 6) is 0.0342. The molecule has 0 aliphatic heterocycles. The zero-order valence-electron chi connectivity index (χ0n) is 8.65. The summed E-state index contributed by atoms with van der Waals surface area (Å²) in [5, 5.41) is 1.30. The van der Waals surface area contributed by atoms with Crippen LogP contribution in [0.1, 0.15) is 10.4 Å². The maximum absolute atomic E-state index is 11.6. The van der Waals surface area contributed by atoms with Crippen molar-refractivity contribution in [1.82, 2.24) is 10.0 Å². The Kier molecular flexibility index (Phi) is 3.88. The van der Waals surface area contributed by atoms with E-state index < -0.39 is 0 Å². The molecule has 0 spiro atoms. The molecule has 0 N–H and O–H groups in total. The fraction of sp³-hybridized carbons (Fsp3) is 0.333. The first-order valence-corrected chi connectivity index (χ1v) is 4.49. The number of amides is 1. The standard InChI is InChI=1S/C9H11ClN2O3/c1-12(15-3)9(13)6-4-7(14-2)8(10)11-5-6/h4-5H,1-3H3. The quantitative estimate of drug-likeness (QED) is 0.582. The number of aromatic nitrogens is 1. The second-order valence-electron chi connectivity index (χ2n) is 2.70. The van der Waals surface area contributed by atoms with Gasteiger partial charge in [-0.3, -0.25) is 9.63 Å². The highest BCUT2D eigenvalue weighted by atomic mass is 35.5. The van der Waals surface area contributed by atoms with E-state index in [1.807, 2.05) is 0 Å². The Morgan fingerprint density at radius 2 is 2.20 bits per heavy atom. The number of nitrogens with zero attached hydrogens (tertiary/aromatic N) is 2. The molecule has 5 nitrogen and oxygen atoms in total. The first-order valence-electron chi connectivity index (χ1n) is 4.11. The molecular formula is C9H11ClN2O3. The van der Waals surface area contributed by atoms with Gasteiger partial charge in [0.2, 0.25) is 0 Å². The van der Waals surface area contributed by atoms with Crippen LogP contribution in [0, 0.1) is 0 Å². The molecule has 1 aromatic heterocycles. The zero-order valence-corrected chi connectivity index (χ0v) is 9.41. The van der Waals surface area contributed by atoms with Crippen LogP contribution in [-0.4, -0.2) is 37.2 Å². The lowest BCUT2D eigenvalue weighted by molar-refractivity contribution is -0.0757. The monoisotopic (exact) mass is 230 g/mol. The molecule has 82 valence electrons. The first-order chi connectivity index (χ1) is 7.10. The maximum atomic E-state index is 11.6. The molecule has 1 rings (SSSR count). The zero-order chi connectivity index (χ0) is 11.4. The van der Waals surface area contributed by atoms with E-state index in [0.29, 0.717) is 11.3 Å². The molecule has 1 aromatic rings. The van der Waals surface area contributed by atoms with Crippen molar-refractivity contribution in [3.8, 4) is 5.75 Å². The highest BCUT2D eigenvalue weighted by Gasteiger charge is 2.14. The molecule has 6 heteroatoms. The van der Waals surface area contributed by atoms with Crippen LogP contribution in [0.25, 0.3) is 0 Å². The van der Waals surface area contributed by atoms with Gasteiger partial charge in [-0.25, -0.2) is 10.0 Å². The summed E-state index contributed by atoms with van der Waals surface area (Å²) in [4.78, 5) is 20.2. The number of hydrogen-bond acceptors (Lipinski definition) is 4. The molecule has 0 radical (unpaired) electrons. The van der Waals surface area contributed by atoms with E-state index >= 15 is 0 Å². The number of ether oxygens (including phenoxy) is 1. The van der Waals surface area contributed by atoms with Gasteiger partial charge in [-0.05, 0) is 6.07 Å². The van der Waals surface area contributed by atoms with E-state index in [1.165, 1.54) is 33.5 Å². The number of halogens is 1. The van der Waals surface area contributed by atoms with Gasteiger partial charge in [0.25, 0.3) is 5.91 Å². The number of rotatable bonds is 3. The molecule has 0 saturated heterocycles. The third kappa shape index (κ3) is 2.57. The van der Waals surface area contributed by atoms with Crippen molar-refractivity contribution in [3.05, 3.63) is 23.0 Å². The molecule has 0 unspecified atom stereocenters. The van der Waals surface area contributed by atoms with Gasteiger partial charge in [0.1, 0.15) is 0 Å². The number of pyridine rings is 1. The summed E-state index contributed by atoms with van der Waals surface area (Å²) in [5.41, 5.74) is 0.348. The van der Waals surface area contributed by atoms with Gasteiger partial charge in [-0.2, -0.15) is 0 Å². The van der Waals surface area contributed by atoms with Gasteiger partial charge in [0.05, 0.1) is 19.8 Å². The van der Waals surface area contributed by atoms with Crippen LogP contribution >= 0.6 is 11.6 Å². The van der Waals surface area contributed by atoms with E-state index in [9.17, 15) is 4.79 Å². The minimum atomic E-state index is -0.319. The van der Waals surface area contributed by atoms with Crippen LogP contribution in [0.5, 0.6) is 5.75 Å². The molecule has 0 fully saturated rings. The minimum Gasteiger partial charge on any atom is -0.493 e. The van der Waals surface area contributed by atoms with E-state index in [1.54, 1.807) is 0 Å². The van der Waals surface area contributed by atoms with Gasteiger partial charge < -0.3 is 4.74 Å². The number of carbonyl (C=O) groups is 1. The van der Waals surface area contributed by atoms with E-state index in [4.69, 9.17) is 21.2 Å². The lowest BCUT2D eigenvalue weighted by Gasteiger charge is -2.13. The molecule has 0 aliphatic rings. The van der Waals surface area contributed by atoms with E-state index in [-0.39, 0.29) is 11.1 Å². The average molecular weight is 231 g/mol. The molecule has 1 amide bonds. The fourth-order valence-corrected chi connectivity index (χ4v) is 1.13. The van der Waals surface area contributed by atoms with Gasteiger partial charge in [-0.1, -0.05) is 11.6 Å². The smallest absolute Gasteiger partial charge is 0.278 e. The maximum Gasteiger partial charge on any atom is 0.278 e. The topological polar surface area (TPSA) is 51.7 Å². The van der Waals surface area contributed by atoms with Crippen LogP contribution in [0.3, 0.4) is 0 Å². The van der Waals surface area contributed by atoms with E-state index in [0.717, 1.165) is 5.06 Å². The summed E-state index contributed by atoms with van der Waals surface area (Å²) in [6.07, 6.45) is 1.36. The van der Waals surface area contributed by atoms with Crippen LogP contribution in [0.2, 0.25) is 5.15 Å². The van der Waals surface area contributed by atoms with Crippen molar-refractivity contribution in [2.45, 2.75) is 0 Å². The molecule has 1 heterocycles. The van der Waals surface area contributed by atoms with Gasteiger partial charge >= 0.3 is 0 Å². The number of hydroxylamine groups is 2. The summed E-state index contributed by atoms with van der Waals surface area (Å²) in [6, 6.07) is 1.51. The van der Waals surface area contributed by atoms with Crippen molar-refractivity contribution in [1.29, 1.82) is 0 Å². The molecule has 0 bridgehead atoms. The lowest BCUT2D eigenvalue weighted by atomic mass is 10.2. The molecular weight excluding hydrogens is 220 g/mol. The Bertz CT molecular complexity index is 370. The summed E-state index contributed by atoms with van der Waals surface area (Å²) in [6.45, 7) is 0. The van der Waals surface area contributed by atoms with Gasteiger partial charge in [0, 0.05) is 13.2 Å². The predicted molar refractivity (Wildman–Crippen MR) is 54.9 cm³/mol. The Hall–Kier alpha value is -1.33. The van der Waals surface area contributed by atoms with Crippen molar-refractivity contribution < 1.29 is 14.4 Å². The fourth-order valence-electron chi connectivity index (χ4n) is 0.953. The number of carbonyl (C=O) groups excluding carboxylic acids is 1. The van der Waals surface area contributed by atoms with Crippen LogP contribution < -0.4 is 4.74 Å². The van der Waals surface area contributed by atoms with Crippen LogP contribution in [0.4, 0.5) is 0 Å². The van der Waals surface area contributed by atoms with Crippen LogP contribution in [-0.2, 0) is 4.84 Å². The minimum absolute atomic E-state index is 0.217. The third-order valence-corrected chi connectivity index (χ3v) is 2.12. The Morgan fingerprint density at radius 3 is 2.73 bits per heavy atom. The second kappa shape index (κ2) is 4.95. The largest absolute Gasteiger partial charge is 0.493 e. The van der Waals surface area contributed by atoms with Crippen molar-refractivity contribution in [2.24, 2.45) is 0 Å². The normalized spacial score (nSPS) is 9.87. The molecule has 0 saturated carbocycles. The SMILES string of the molecule is COc1cc(C(=O)N(C)OC)cnc1Cl. The first kappa shape index (κ1) is 11.7. The van der Waals surface area contributed by atoms with Gasteiger partial charge in [-0.15, -0.1) is 0 Å². The highest BCUT2D eigenvalue weighted by molar-refractivity contribution is 6.30. The average Bonchev–Trinajstić information content (AvgIpc) is 2.27. The van der Waals surface area contributed by atoms with Crippen molar-refractivity contribution in [2.75, 3.05) is 21.3 Å².